The van der Waals surface area contributed by atoms with Gasteiger partial charge in [-0.05, 0) is 19.9 Å². The molecule has 0 saturated carbocycles. The number of carbonyl (C=O) groups is 1. The molecule has 0 aliphatic carbocycles. The Morgan fingerprint density at radius 2 is 1.92 bits per heavy atom. The smallest absolute Gasteiger partial charge is 0.335 e. The Labute approximate surface area is 81.0 Å². The third-order valence-electron chi connectivity index (χ3n) is 1.32. The second-order valence-electron chi connectivity index (χ2n) is 2.18. The summed E-state index contributed by atoms with van der Waals surface area (Å²) in [6.07, 6.45) is 3.52. The van der Waals surface area contributed by atoms with E-state index in [-0.39, 0.29) is 10.6 Å². The molecule has 0 heterocycles. The predicted molar refractivity (Wildman–Crippen MR) is 50.2 cm³/mol. The highest BCUT2D eigenvalue weighted by atomic mass is 35.5. The quantitative estimate of drug-likeness (QED) is 0.567. The highest BCUT2D eigenvalue weighted by Gasteiger charge is 2.06. The summed E-state index contributed by atoms with van der Waals surface area (Å²) in [5.74, 6) is -1.93. The molecule has 0 aromatic carbocycles. The van der Waals surface area contributed by atoms with Crippen molar-refractivity contribution in [1.29, 1.82) is 0 Å². The van der Waals surface area contributed by atoms with Gasteiger partial charge in [-0.2, -0.15) is 0 Å². The lowest BCUT2D eigenvalue weighted by atomic mass is 10.2. The second kappa shape index (κ2) is 5.54. The van der Waals surface area contributed by atoms with Crippen LogP contribution in [0.15, 0.2) is 34.7 Å². The van der Waals surface area contributed by atoms with Crippen molar-refractivity contribution in [3.63, 3.8) is 0 Å². The summed E-state index contributed by atoms with van der Waals surface area (Å²) in [5.41, 5.74) is -0.127. The van der Waals surface area contributed by atoms with Crippen LogP contribution in [0.5, 0.6) is 0 Å². The maximum absolute atomic E-state index is 13.0. The minimum Gasteiger partial charge on any atom is -0.478 e. The lowest BCUT2D eigenvalue weighted by molar-refractivity contribution is -0.132. The molecule has 0 fully saturated rings. The summed E-state index contributed by atoms with van der Waals surface area (Å²) in [7, 11) is 0. The largest absolute Gasteiger partial charge is 0.478 e. The Morgan fingerprint density at radius 3 is 2.23 bits per heavy atom. The molecule has 0 saturated heterocycles. The molecule has 4 heteroatoms. The van der Waals surface area contributed by atoms with E-state index in [1.807, 2.05) is 0 Å². The lowest BCUT2D eigenvalue weighted by Gasteiger charge is -1.95. The van der Waals surface area contributed by atoms with E-state index in [4.69, 9.17) is 16.7 Å². The first-order valence-corrected chi connectivity index (χ1v) is 3.99. The van der Waals surface area contributed by atoms with Crippen LogP contribution in [0.2, 0.25) is 0 Å². The Hall–Kier alpha value is -1.09. The summed E-state index contributed by atoms with van der Waals surface area (Å²) in [5, 5.41) is 8.44. The van der Waals surface area contributed by atoms with Crippen LogP contribution in [0.25, 0.3) is 0 Å². The monoisotopic (exact) mass is 204 g/mol. The summed E-state index contributed by atoms with van der Waals surface area (Å²) in [6.45, 7) is 3.07. The van der Waals surface area contributed by atoms with Gasteiger partial charge in [0.15, 0.2) is 0 Å². The number of aliphatic carboxylic acids is 1. The Bertz CT molecular complexity index is 290. The first-order valence-electron chi connectivity index (χ1n) is 3.62. The number of carboxylic acids is 1. The van der Waals surface area contributed by atoms with Gasteiger partial charge in [0, 0.05) is 0 Å². The number of allylic oxidation sites excluding steroid dienone is 4. The molecule has 72 valence electrons. The fourth-order valence-corrected chi connectivity index (χ4v) is 0.666. The van der Waals surface area contributed by atoms with Crippen LogP contribution in [0, 0.1) is 0 Å². The van der Waals surface area contributed by atoms with E-state index in [2.05, 4.69) is 0 Å². The van der Waals surface area contributed by atoms with Crippen LogP contribution < -0.4 is 0 Å². The summed E-state index contributed by atoms with van der Waals surface area (Å²) < 4.78 is 13.0. The first-order chi connectivity index (χ1) is 6.02. The summed E-state index contributed by atoms with van der Waals surface area (Å²) in [6, 6.07) is 0. The molecule has 0 aliphatic heterocycles. The molecule has 0 aromatic heterocycles. The highest BCUT2D eigenvalue weighted by molar-refractivity contribution is 6.31. The normalized spacial score (nSPS) is 14.6. The zero-order valence-corrected chi connectivity index (χ0v) is 8.10. The molecular formula is C9H10ClFO2. The topological polar surface area (TPSA) is 37.3 Å². The van der Waals surface area contributed by atoms with Crippen LogP contribution in [-0.4, -0.2) is 11.1 Å². The van der Waals surface area contributed by atoms with Gasteiger partial charge in [-0.3, -0.25) is 0 Å². The molecule has 0 spiro atoms. The zero-order valence-electron chi connectivity index (χ0n) is 7.34. The second-order valence-corrected chi connectivity index (χ2v) is 2.59. The molecule has 2 nitrogen and oxygen atoms in total. The zero-order chi connectivity index (χ0) is 10.4. The third-order valence-corrected chi connectivity index (χ3v) is 1.72. The van der Waals surface area contributed by atoms with Crippen molar-refractivity contribution < 1.29 is 14.3 Å². The molecule has 0 atom stereocenters. The standard InChI is InChI=1S/C9H10ClFO2/c1-3-6(9(12)13)5-8(11)7(10)4-2/h3-5H,1-2H3,(H,12,13)/b6-3+,7-4?,8-5+. The van der Waals surface area contributed by atoms with Crippen LogP contribution in [-0.2, 0) is 4.79 Å². The molecule has 0 unspecified atom stereocenters. The van der Waals surface area contributed by atoms with Crippen molar-refractivity contribution in [2.45, 2.75) is 13.8 Å². The third kappa shape index (κ3) is 3.90. The van der Waals surface area contributed by atoms with E-state index < -0.39 is 11.8 Å². The van der Waals surface area contributed by atoms with E-state index in [1.165, 1.54) is 19.1 Å². The van der Waals surface area contributed by atoms with Crippen molar-refractivity contribution >= 4 is 17.6 Å². The van der Waals surface area contributed by atoms with Crippen LogP contribution in [0.3, 0.4) is 0 Å². The van der Waals surface area contributed by atoms with E-state index in [0.29, 0.717) is 0 Å². The number of carboxylic acid groups (broad SMARTS) is 1. The van der Waals surface area contributed by atoms with Crippen LogP contribution in [0.1, 0.15) is 13.8 Å². The number of rotatable bonds is 3. The molecule has 0 bridgehead atoms. The molecule has 0 aromatic rings. The van der Waals surface area contributed by atoms with Crippen LogP contribution >= 0.6 is 11.6 Å². The van der Waals surface area contributed by atoms with Crippen molar-refractivity contribution in [3.05, 3.63) is 34.7 Å². The van der Waals surface area contributed by atoms with Gasteiger partial charge in [0.2, 0.25) is 0 Å². The molecular weight excluding hydrogens is 195 g/mol. The lowest BCUT2D eigenvalue weighted by Crippen LogP contribution is -1.97. The average molecular weight is 205 g/mol. The number of hydrogen-bond acceptors (Lipinski definition) is 1. The van der Waals surface area contributed by atoms with Gasteiger partial charge in [0.1, 0.15) is 5.83 Å². The molecule has 1 N–H and O–H groups in total. The first kappa shape index (κ1) is 11.9. The van der Waals surface area contributed by atoms with E-state index in [1.54, 1.807) is 6.92 Å². The fraction of sp³-hybridized carbons (Fsp3) is 0.222. The SMILES string of the molecule is CC=C(Cl)/C(F)=C\C(=C/C)C(=O)O. The van der Waals surface area contributed by atoms with Gasteiger partial charge in [0.05, 0.1) is 10.6 Å². The molecule has 0 amide bonds. The van der Waals surface area contributed by atoms with E-state index in [0.717, 1.165) is 6.08 Å². The van der Waals surface area contributed by atoms with Crippen molar-refractivity contribution in [1.82, 2.24) is 0 Å². The van der Waals surface area contributed by atoms with E-state index >= 15 is 0 Å². The Kier molecular flexibility index (Phi) is 5.07. The van der Waals surface area contributed by atoms with Crippen LogP contribution in [0.4, 0.5) is 4.39 Å². The molecule has 0 aliphatic rings. The number of halogens is 2. The maximum Gasteiger partial charge on any atom is 0.335 e. The van der Waals surface area contributed by atoms with Gasteiger partial charge in [0.25, 0.3) is 0 Å². The molecule has 13 heavy (non-hydrogen) atoms. The summed E-state index contributed by atoms with van der Waals surface area (Å²) in [4.78, 5) is 10.4. The van der Waals surface area contributed by atoms with Gasteiger partial charge >= 0.3 is 5.97 Å². The maximum atomic E-state index is 13.0. The predicted octanol–water partition coefficient (Wildman–Crippen LogP) is 3.01. The van der Waals surface area contributed by atoms with E-state index in [9.17, 15) is 9.18 Å². The summed E-state index contributed by atoms with van der Waals surface area (Å²) >= 11 is 5.42. The van der Waals surface area contributed by atoms with Gasteiger partial charge in [-0.15, -0.1) is 0 Å². The fourth-order valence-electron chi connectivity index (χ4n) is 0.612. The minimum absolute atomic E-state index is 0.0967. The Balaban J connectivity index is 4.84. The number of hydrogen-bond donors (Lipinski definition) is 1. The average Bonchev–Trinajstić information content (AvgIpc) is 2.11. The highest BCUT2D eigenvalue weighted by Crippen LogP contribution is 2.17. The minimum atomic E-state index is -1.18. The van der Waals surface area contributed by atoms with Crippen molar-refractivity contribution in [2.24, 2.45) is 0 Å². The van der Waals surface area contributed by atoms with Gasteiger partial charge in [-0.1, -0.05) is 23.8 Å². The van der Waals surface area contributed by atoms with Crippen molar-refractivity contribution in [3.8, 4) is 0 Å². The molecule has 0 rings (SSSR count). The van der Waals surface area contributed by atoms with Gasteiger partial charge < -0.3 is 5.11 Å². The molecule has 0 radical (unpaired) electrons. The van der Waals surface area contributed by atoms with Gasteiger partial charge in [-0.25, -0.2) is 9.18 Å². The Morgan fingerprint density at radius 1 is 1.38 bits per heavy atom. The van der Waals surface area contributed by atoms with Crippen molar-refractivity contribution in [2.75, 3.05) is 0 Å².